The topological polar surface area (TPSA) is 78.1 Å². The highest BCUT2D eigenvalue weighted by molar-refractivity contribution is 5.84. The van der Waals surface area contributed by atoms with Crippen LogP contribution in [0.5, 0.6) is 0 Å². The minimum Gasteiger partial charge on any atom is -0.361 e. The molecule has 3 aromatic rings. The summed E-state index contributed by atoms with van der Waals surface area (Å²) in [5, 5.41) is 3.98. The molecule has 0 aliphatic rings. The number of hydrogen-bond acceptors (Lipinski definition) is 3. The summed E-state index contributed by atoms with van der Waals surface area (Å²) in [5.41, 5.74) is 3.14. The summed E-state index contributed by atoms with van der Waals surface area (Å²) in [6.45, 7) is 2.44. The van der Waals surface area contributed by atoms with Crippen molar-refractivity contribution in [3.05, 3.63) is 66.1 Å². The molecular weight excluding hydrogens is 328 g/mol. The van der Waals surface area contributed by atoms with E-state index in [1.807, 2.05) is 36.5 Å². The second-order valence-electron chi connectivity index (χ2n) is 6.19. The first-order valence-electron chi connectivity index (χ1n) is 8.59. The summed E-state index contributed by atoms with van der Waals surface area (Å²) < 4.78 is 0. The smallest absolute Gasteiger partial charge is 0.239 e. The summed E-state index contributed by atoms with van der Waals surface area (Å²) in [6.07, 6.45) is 6.05. The first-order valence-corrected chi connectivity index (χ1v) is 8.59. The Labute approximate surface area is 152 Å². The van der Waals surface area contributed by atoms with Crippen molar-refractivity contribution in [1.82, 2.24) is 20.2 Å². The number of fused-ring (bicyclic) bond motifs is 1. The van der Waals surface area contributed by atoms with Crippen molar-refractivity contribution in [2.75, 3.05) is 13.1 Å². The highest BCUT2D eigenvalue weighted by Crippen LogP contribution is 2.18. The Kier molecular flexibility index (Phi) is 5.63. The maximum Gasteiger partial charge on any atom is 0.239 e. The third-order valence-corrected chi connectivity index (χ3v) is 4.32. The van der Waals surface area contributed by atoms with Crippen LogP contribution in [0, 0.1) is 0 Å². The van der Waals surface area contributed by atoms with Gasteiger partial charge in [-0.3, -0.25) is 14.6 Å². The summed E-state index contributed by atoms with van der Waals surface area (Å²) >= 11 is 0. The first kappa shape index (κ1) is 17.7. The average Bonchev–Trinajstić information content (AvgIpc) is 3.07. The van der Waals surface area contributed by atoms with Crippen LogP contribution >= 0.6 is 0 Å². The number of aromatic nitrogens is 2. The van der Waals surface area contributed by atoms with Gasteiger partial charge in [0.2, 0.25) is 11.8 Å². The molecule has 2 N–H and O–H groups in total. The Balaban J connectivity index is 1.55. The fraction of sp³-hybridized carbons (Fsp3) is 0.250. The lowest BCUT2D eigenvalue weighted by Gasteiger charge is -2.20. The highest BCUT2D eigenvalue weighted by atomic mass is 16.2. The van der Waals surface area contributed by atoms with Gasteiger partial charge in [-0.25, -0.2) is 0 Å². The van der Waals surface area contributed by atoms with Crippen molar-refractivity contribution < 1.29 is 9.59 Å². The molecule has 0 unspecified atom stereocenters. The van der Waals surface area contributed by atoms with Crippen LogP contribution in [0.4, 0.5) is 0 Å². The fourth-order valence-electron chi connectivity index (χ4n) is 2.87. The second-order valence-corrected chi connectivity index (χ2v) is 6.19. The van der Waals surface area contributed by atoms with Crippen molar-refractivity contribution in [3.8, 4) is 0 Å². The van der Waals surface area contributed by atoms with Crippen LogP contribution in [0.25, 0.3) is 10.9 Å². The monoisotopic (exact) mass is 350 g/mol. The Morgan fingerprint density at radius 2 is 2.04 bits per heavy atom. The Morgan fingerprint density at radius 3 is 2.81 bits per heavy atom. The number of pyridine rings is 1. The van der Waals surface area contributed by atoms with E-state index < -0.39 is 0 Å². The molecule has 0 fully saturated rings. The molecule has 6 heteroatoms. The Hall–Kier alpha value is -3.15. The van der Waals surface area contributed by atoms with Crippen molar-refractivity contribution in [2.24, 2.45) is 0 Å². The van der Waals surface area contributed by atoms with Gasteiger partial charge in [0.25, 0.3) is 0 Å². The zero-order valence-corrected chi connectivity index (χ0v) is 14.7. The molecule has 0 aliphatic heterocycles. The number of hydrogen-bond donors (Lipinski definition) is 2. The van der Waals surface area contributed by atoms with E-state index in [4.69, 9.17) is 0 Å². The summed E-state index contributed by atoms with van der Waals surface area (Å²) in [5.74, 6) is -0.288. The number of aromatic amines is 1. The van der Waals surface area contributed by atoms with Gasteiger partial charge in [-0.1, -0.05) is 24.3 Å². The number of para-hydroxylation sites is 1. The standard InChI is InChI=1S/C20H22N4O2/c1-15(25)24(14-20(26)23-12-16-5-4-9-21-11-16)10-8-17-13-22-19-7-3-2-6-18(17)19/h2-7,9,11,13,22H,8,10,12,14H2,1H3,(H,23,26). The number of carbonyl (C=O) groups excluding carboxylic acids is 2. The molecule has 0 saturated heterocycles. The van der Waals surface area contributed by atoms with Crippen molar-refractivity contribution in [2.45, 2.75) is 19.9 Å². The van der Waals surface area contributed by atoms with Crippen molar-refractivity contribution in [1.29, 1.82) is 0 Å². The molecule has 26 heavy (non-hydrogen) atoms. The first-order chi connectivity index (χ1) is 12.6. The van der Waals surface area contributed by atoms with E-state index in [2.05, 4.69) is 21.4 Å². The predicted molar refractivity (Wildman–Crippen MR) is 100 cm³/mol. The van der Waals surface area contributed by atoms with Gasteiger partial charge in [-0.15, -0.1) is 0 Å². The number of nitrogens with zero attached hydrogens (tertiary/aromatic N) is 2. The minimum atomic E-state index is -0.178. The maximum atomic E-state index is 12.2. The molecule has 0 atom stereocenters. The van der Waals surface area contributed by atoms with E-state index in [1.54, 1.807) is 17.3 Å². The van der Waals surface area contributed by atoms with Crippen LogP contribution in [-0.2, 0) is 22.6 Å². The van der Waals surface area contributed by atoms with Gasteiger partial charge in [0.15, 0.2) is 0 Å². The third kappa shape index (κ3) is 4.47. The molecular formula is C20H22N4O2. The summed E-state index contributed by atoms with van der Waals surface area (Å²) in [4.78, 5) is 32.9. The van der Waals surface area contributed by atoms with Crippen LogP contribution < -0.4 is 5.32 Å². The summed E-state index contributed by atoms with van der Waals surface area (Å²) in [6, 6.07) is 11.8. The number of amides is 2. The molecule has 0 bridgehead atoms. The van der Waals surface area contributed by atoms with Gasteiger partial charge >= 0.3 is 0 Å². The maximum absolute atomic E-state index is 12.2. The van der Waals surface area contributed by atoms with Crippen molar-refractivity contribution >= 4 is 22.7 Å². The predicted octanol–water partition coefficient (Wildman–Crippen LogP) is 2.27. The van der Waals surface area contributed by atoms with Gasteiger partial charge < -0.3 is 15.2 Å². The van der Waals surface area contributed by atoms with E-state index in [1.165, 1.54) is 6.92 Å². The molecule has 2 heterocycles. The number of nitrogens with one attached hydrogen (secondary N) is 2. The van der Waals surface area contributed by atoms with Crippen LogP contribution in [-0.4, -0.2) is 39.8 Å². The molecule has 0 aliphatic carbocycles. The van der Waals surface area contributed by atoms with E-state index >= 15 is 0 Å². The molecule has 2 amide bonds. The summed E-state index contributed by atoms with van der Waals surface area (Å²) in [7, 11) is 0. The van der Waals surface area contributed by atoms with Gasteiger partial charge in [0.1, 0.15) is 0 Å². The van der Waals surface area contributed by atoms with Crippen LogP contribution in [0.1, 0.15) is 18.1 Å². The SMILES string of the molecule is CC(=O)N(CCc1c[nH]c2ccccc12)CC(=O)NCc1cccnc1. The van der Waals surface area contributed by atoms with E-state index in [0.717, 1.165) is 22.0 Å². The lowest BCUT2D eigenvalue weighted by atomic mass is 10.1. The number of carbonyl (C=O) groups is 2. The Morgan fingerprint density at radius 1 is 1.19 bits per heavy atom. The van der Waals surface area contributed by atoms with Gasteiger partial charge in [0.05, 0.1) is 6.54 Å². The number of H-pyrrole nitrogens is 1. The highest BCUT2D eigenvalue weighted by Gasteiger charge is 2.14. The zero-order chi connectivity index (χ0) is 18.4. The molecule has 0 spiro atoms. The normalized spacial score (nSPS) is 10.7. The quantitative estimate of drug-likeness (QED) is 0.686. The number of rotatable bonds is 7. The molecule has 0 saturated carbocycles. The molecule has 2 aromatic heterocycles. The number of benzene rings is 1. The second kappa shape index (κ2) is 8.29. The molecule has 134 valence electrons. The molecule has 3 rings (SSSR count). The van der Waals surface area contributed by atoms with Gasteiger partial charge in [0, 0.05) is 49.5 Å². The van der Waals surface area contributed by atoms with Crippen LogP contribution in [0.15, 0.2) is 55.0 Å². The third-order valence-electron chi connectivity index (χ3n) is 4.32. The molecule has 6 nitrogen and oxygen atoms in total. The Bertz CT molecular complexity index is 889. The zero-order valence-electron chi connectivity index (χ0n) is 14.7. The van der Waals surface area contributed by atoms with Crippen LogP contribution in [0.3, 0.4) is 0 Å². The molecule has 0 radical (unpaired) electrons. The van der Waals surface area contributed by atoms with Crippen LogP contribution in [0.2, 0.25) is 0 Å². The van der Waals surface area contributed by atoms with Gasteiger partial charge in [-0.05, 0) is 29.7 Å². The van der Waals surface area contributed by atoms with E-state index in [-0.39, 0.29) is 18.4 Å². The average molecular weight is 350 g/mol. The van der Waals surface area contributed by atoms with Crippen molar-refractivity contribution in [3.63, 3.8) is 0 Å². The van der Waals surface area contributed by atoms with Gasteiger partial charge in [-0.2, -0.15) is 0 Å². The van der Waals surface area contributed by atoms with E-state index in [0.29, 0.717) is 19.5 Å². The lowest BCUT2D eigenvalue weighted by molar-refractivity contribution is -0.134. The minimum absolute atomic E-state index is 0.0535. The lowest BCUT2D eigenvalue weighted by Crippen LogP contribution is -2.40. The fourth-order valence-corrected chi connectivity index (χ4v) is 2.87. The molecule has 1 aromatic carbocycles. The van der Waals surface area contributed by atoms with E-state index in [9.17, 15) is 9.59 Å². The largest absolute Gasteiger partial charge is 0.361 e.